The van der Waals surface area contributed by atoms with Gasteiger partial charge in [0, 0.05) is 15.7 Å². The van der Waals surface area contributed by atoms with Crippen LogP contribution in [0.5, 0.6) is 11.5 Å². The lowest BCUT2D eigenvalue weighted by Gasteiger charge is -2.12. The Kier molecular flexibility index (Phi) is 6.58. The number of hydrogen-bond donors (Lipinski definition) is 1. The Labute approximate surface area is 155 Å². The first-order valence-corrected chi connectivity index (χ1v) is 8.59. The van der Waals surface area contributed by atoms with Gasteiger partial charge in [0.15, 0.2) is 24.4 Å². The summed E-state index contributed by atoms with van der Waals surface area (Å²) in [5.74, 6) is 0.907. The Bertz CT molecular complexity index is 757. The maximum Gasteiger partial charge on any atom is 0.262 e. The molecule has 6 heteroatoms. The third-order valence-corrected chi connectivity index (χ3v) is 4.32. The van der Waals surface area contributed by atoms with Crippen LogP contribution in [0.3, 0.4) is 0 Å². The van der Waals surface area contributed by atoms with Crippen molar-refractivity contribution in [2.75, 3.05) is 19.0 Å². The molecule has 0 aromatic heterocycles. The molecule has 0 aliphatic carbocycles. The molecule has 132 valence electrons. The van der Waals surface area contributed by atoms with E-state index in [-0.39, 0.29) is 12.5 Å². The van der Waals surface area contributed by atoms with Crippen LogP contribution in [0.2, 0.25) is 0 Å². The molecule has 0 bridgehead atoms. The Morgan fingerprint density at radius 2 is 1.88 bits per heavy atom. The van der Waals surface area contributed by atoms with Crippen molar-refractivity contribution in [1.82, 2.24) is 0 Å². The van der Waals surface area contributed by atoms with Crippen LogP contribution in [0.25, 0.3) is 0 Å². The summed E-state index contributed by atoms with van der Waals surface area (Å²) in [5, 5.41) is 2.77. The predicted octanol–water partition coefficient (Wildman–Crippen LogP) is 4.41. The molecule has 2 rings (SSSR count). The molecule has 25 heavy (non-hydrogen) atoms. The molecule has 0 aliphatic heterocycles. The van der Waals surface area contributed by atoms with E-state index in [0.717, 1.165) is 0 Å². The fraction of sp³-hybridized carbons (Fsp3) is 0.263. The zero-order valence-corrected chi connectivity index (χ0v) is 15.9. The number of nitrogens with one attached hydrogen (secondary N) is 1. The van der Waals surface area contributed by atoms with Crippen LogP contribution in [0, 0.1) is 0 Å². The smallest absolute Gasteiger partial charge is 0.262 e. The molecule has 0 atom stereocenters. The molecule has 5 nitrogen and oxygen atoms in total. The van der Waals surface area contributed by atoms with Crippen LogP contribution in [0.4, 0.5) is 5.69 Å². The standard InChI is InChI=1S/C19H20BrNO4/c1-12(2)13-4-6-15(7-5-13)21-19(23)11-25-18-8-14(10-22)16(20)9-17(18)24-3/h4-10,12H,11H2,1-3H3,(H,21,23). The summed E-state index contributed by atoms with van der Waals surface area (Å²) >= 11 is 3.28. The fourth-order valence-corrected chi connectivity index (χ4v) is 2.62. The van der Waals surface area contributed by atoms with Gasteiger partial charge in [0.05, 0.1) is 7.11 Å². The van der Waals surface area contributed by atoms with Crippen LogP contribution in [-0.2, 0) is 4.79 Å². The number of aldehydes is 1. The zero-order valence-electron chi connectivity index (χ0n) is 14.3. The first kappa shape index (κ1) is 19.0. The van der Waals surface area contributed by atoms with Crippen molar-refractivity contribution in [2.45, 2.75) is 19.8 Å². The average molecular weight is 406 g/mol. The minimum absolute atomic E-state index is 0.192. The SMILES string of the molecule is COc1cc(Br)c(C=O)cc1OCC(=O)Nc1ccc(C(C)C)cc1. The van der Waals surface area contributed by atoms with Gasteiger partial charge in [0.2, 0.25) is 0 Å². The minimum atomic E-state index is -0.296. The molecule has 0 radical (unpaired) electrons. The number of hydrogen-bond acceptors (Lipinski definition) is 4. The number of rotatable bonds is 7. The van der Waals surface area contributed by atoms with Crippen molar-refractivity contribution >= 4 is 33.8 Å². The monoisotopic (exact) mass is 405 g/mol. The minimum Gasteiger partial charge on any atom is -0.493 e. The Morgan fingerprint density at radius 1 is 1.20 bits per heavy atom. The third-order valence-electron chi connectivity index (χ3n) is 3.63. The van der Waals surface area contributed by atoms with E-state index in [9.17, 15) is 9.59 Å². The molecule has 0 aliphatic rings. The quantitative estimate of drug-likeness (QED) is 0.692. The van der Waals surface area contributed by atoms with Gasteiger partial charge in [-0.05, 0) is 51.7 Å². The normalized spacial score (nSPS) is 10.4. The van der Waals surface area contributed by atoms with Gasteiger partial charge in [0.25, 0.3) is 5.91 Å². The summed E-state index contributed by atoms with van der Waals surface area (Å²) in [5.41, 5.74) is 2.32. The van der Waals surface area contributed by atoms with Crippen LogP contribution in [0.1, 0.15) is 35.7 Å². The molecular formula is C19H20BrNO4. The van der Waals surface area contributed by atoms with E-state index >= 15 is 0 Å². The molecular weight excluding hydrogens is 386 g/mol. The van der Waals surface area contributed by atoms with E-state index in [2.05, 4.69) is 35.1 Å². The fourth-order valence-electron chi connectivity index (χ4n) is 2.21. The Hall–Kier alpha value is -2.34. The number of halogens is 1. The van der Waals surface area contributed by atoms with Crippen molar-refractivity contribution in [1.29, 1.82) is 0 Å². The molecule has 0 spiro atoms. The summed E-state index contributed by atoms with van der Waals surface area (Å²) in [6, 6.07) is 10.8. The highest BCUT2D eigenvalue weighted by Gasteiger charge is 2.12. The van der Waals surface area contributed by atoms with E-state index in [0.29, 0.717) is 39.4 Å². The van der Waals surface area contributed by atoms with Gasteiger partial charge in [-0.3, -0.25) is 9.59 Å². The molecule has 1 N–H and O–H groups in total. The van der Waals surface area contributed by atoms with E-state index in [1.807, 2.05) is 24.3 Å². The molecule has 0 saturated carbocycles. The lowest BCUT2D eigenvalue weighted by Crippen LogP contribution is -2.20. The summed E-state index contributed by atoms with van der Waals surface area (Å²) in [7, 11) is 1.49. The molecule has 1 amide bonds. The average Bonchev–Trinajstić information content (AvgIpc) is 2.60. The highest BCUT2D eigenvalue weighted by molar-refractivity contribution is 9.10. The molecule has 0 fully saturated rings. The maximum absolute atomic E-state index is 12.1. The van der Waals surface area contributed by atoms with Gasteiger partial charge in [-0.1, -0.05) is 26.0 Å². The van der Waals surface area contributed by atoms with Crippen LogP contribution in [0.15, 0.2) is 40.9 Å². The second-order valence-corrected chi connectivity index (χ2v) is 6.61. The van der Waals surface area contributed by atoms with Gasteiger partial charge < -0.3 is 14.8 Å². The third kappa shape index (κ3) is 5.06. The highest BCUT2D eigenvalue weighted by atomic mass is 79.9. The van der Waals surface area contributed by atoms with Crippen molar-refractivity contribution < 1.29 is 19.1 Å². The lowest BCUT2D eigenvalue weighted by molar-refractivity contribution is -0.118. The maximum atomic E-state index is 12.1. The van der Waals surface area contributed by atoms with E-state index in [1.165, 1.54) is 18.7 Å². The summed E-state index contributed by atoms with van der Waals surface area (Å²) < 4.78 is 11.3. The van der Waals surface area contributed by atoms with Crippen LogP contribution >= 0.6 is 15.9 Å². The van der Waals surface area contributed by atoms with Crippen molar-refractivity contribution in [3.63, 3.8) is 0 Å². The number of amides is 1. The van der Waals surface area contributed by atoms with Gasteiger partial charge in [-0.25, -0.2) is 0 Å². The molecule has 2 aromatic carbocycles. The van der Waals surface area contributed by atoms with Gasteiger partial charge in [0.1, 0.15) is 0 Å². The Balaban J connectivity index is 2.01. The largest absolute Gasteiger partial charge is 0.493 e. The predicted molar refractivity (Wildman–Crippen MR) is 101 cm³/mol. The van der Waals surface area contributed by atoms with E-state index in [1.54, 1.807) is 6.07 Å². The van der Waals surface area contributed by atoms with Crippen molar-refractivity contribution in [3.05, 3.63) is 52.0 Å². The number of methoxy groups -OCH3 is 1. The summed E-state index contributed by atoms with van der Waals surface area (Å²) in [6.07, 6.45) is 0.701. The van der Waals surface area contributed by atoms with Gasteiger partial charge in [-0.15, -0.1) is 0 Å². The second-order valence-electron chi connectivity index (χ2n) is 5.76. The molecule has 0 saturated heterocycles. The lowest BCUT2D eigenvalue weighted by atomic mass is 10.0. The van der Waals surface area contributed by atoms with Crippen LogP contribution in [-0.4, -0.2) is 25.9 Å². The van der Waals surface area contributed by atoms with Crippen molar-refractivity contribution in [2.24, 2.45) is 0 Å². The number of anilines is 1. The number of carbonyl (C=O) groups excluding carboxylic acids is 2. The first-order chi connectivity index (χ1) is 11.9. The van der Waals surface area contributed by atoms with E-state index in [4.69, 9.17) is 9.47 Å². The summed E-state index contributed by atoms with van der Waals surface area (Å²) in [4.78, 5) is 23.1. The van der Waals surface area contributed by atoms with Gasteiger partial charge in [-0.2, -0.15) is 0 Å². The number of carbonyl (C=O) groups is 2. The number of ether oxygens (including phenoxy) is 2. The first-order valence-electron chi connectivity index (χ1n) is 7.80. The molecule has 2 aromatic rings. The summed E-state index contributed by atoms with van der Waals surface area (Å²) in [6.45, 7) is 4.03. The topological polar surface area (TPSA) is 64.6 Å². The number of benzene rings is 2. The molecule has 0 unspecified atom stereocenters. The van der Waals surface area contributed by atoms with Crippen LogP contribution < -0.4 is 14.8 Å². The second kappa shape index (κ2) is 8.67. The zero-order chi connectivity index (χ0) is 18.4. The van der Waals surface area contributed by atoms with E-state index < -0.39 is 0 Å². The van der Waals surface area contributed by atoms with Crippen molar-refractivity contribution in [3.8, 4) is 11.5 Å². The highest BCUT2D eigenvalue weighted by Crippen LogP contribution is 2.32. The molecule has 0 heterocycles. The Morgan fingerprint density at radius 3 is 2.44 bits per heavy atom. The van der Waals surface area contributed by atoms with Gasteiger partial charge >= 0.3 is 0 Å².